The molecule has 0 saturated carbocycles. The molecule has 0 fully saturated rings. The van der Waals surface area contributed by atoms with Gasteiger partial charge in [-0.25, -0.2) is 14.8 Å². The number of anilines is 3. The van der Waals surface area contributed by atoms with Crippen LogP contribution in [0.1, 0.15) is 16.8 Å². The second kappa shape index (κ2) is 10.1. The summed E-state index contributed by atoms with van der Waals surface area (Å²) in [5.74, 6) is 0.102. The smallest absolute Gasteiger partial charge is 0.337 e. The largest absolute Gasteiger partial charge is 0.494 e. The van der Waals surface area contributed by atoms with Crippen LogP contribution in [0.15, 0.2) is 42.7 Å². The monoisotopic (exact) mass is 438 g/mol. The number of hydrogen-bond donors (Lipinski definition) is 2. The number of aromatic carboxylic acids is 1. The molecule has 9 nitrogen and oxygen atoms in total. The molecule has 2 N–H and O–H groups in total. The molecule has 0 bridgehead atoms. The molecule has 0 radical (unpaired) electrons. The summed E-state index contributed by atoms with van der Waals surface area (Å²) in [5, 5.41) is 12.4. The van der Waals surface area contributed by atoms with E-state index in [0.717, 1.165) is 30.9 Å². The van der Waals surface area contributed by atoms with Crippen LogP contribution in [0.4, 0.5) is 17.3 Å². The summed E-state index contributed by atoms with van der Waals surface area (Å²) >= 11 is 0. The fraction of sp³-hybridized carbons (Fsp3) is 0.348. The predicted molar refractivity (Wildman–Crippen MR) is 126 cm³/mol. The highest BCUT2D eigenvalue weighted by Crippen LogP contribution is 2.31. The Labute approximate surface area is 188 Å². The summed E-state index contributed by atoms with van der Waals surface area (Å²) in [5.41, 5.74) is 3.32. The van der Waals surface area contributed by atoms with Gasteiger partial charge in [0.25, 0.3) is 0 Å². The van der Waals surface area contributed by atoms with Crippen molar-refractivity contribution >= 4 is 23.3 Å². The van der Waals surface area contributed by atoms with Crippen molar-refractivity contribution in [2.45, 2.75) is 6.42 Å². The minimum atomic E-state index is -0.976. The highest BCUT2D eigenvalue weighted by atomic mass is 16.5. The number of rotatable bonds is 10. The van der Waals surface area contributed by atoms with Crippen LogP contribution in [0, 0.1) is 0 Å². The van der Waals surface area contributed by atoms with Gasteiger partial charge in [0.15, 0.2) is 0 Å². The van der Waals surface area contributed by atoms with Crippen LogP contribution in [0.3, 0.4) is 0 Å². The molecule has 2 aromatic heterocycles. The molecule has 0 amide bonds. The number of carboxylic acid groups (broad SMARTS) is 1. The maximum Gasteiger partial charge on any atom is 0.337 e. The maximum atomic E-state index is 11.3. The molecule has 0 aliphatic carbocycles. The number of carbonyl (C=O) groups is 1. The van der Waals surface area contributed by atoms with Crippen LogP contribution >= 0.6 is 0 Å². The lowest BCUT2D eigenvalue weighted by molar-refractivity contribution is 0.0697. The van der Waals surface area contributed by atoms with E-state index in [2.05, 4.69) is 46.2 Å². The number of benzene rings is 1. The Morgan fingerprint density at radius 3 is 2.62 bits per heavy atom. The van der Waals surface area contributed by atoms with E-state index in [1.54, 1.807) is 43.3 Å². The average Bonchev–Trinajstić information content (AvgIpc) is 3.16. The molecule has 2 heterocycles. The Balaban J connectivity index is 1.78. The lowest BCUT2D eigenvalue weighted by atomic mass is 10.2. The summed E-state index contributed by atoms with van der Waals surface area (Å²) in [6.07, 6.45) is 4.26. The van der Waals surface area contributed by atoms with Crippen molar-refractivity contribution < 1.29 is 14.6 Å². The number of carboxylic acids is 1. The first kappa shape index (κ1) is 23.1. The molecule has 3 aromatic rings. The van der Waals surface area contributed by atoms with Crippen LogP contribution in [0.2, 0.25) is 0 Å². The fourth-order valence-corrected chi connectivity index (χ4v) is 3.39. The summed E-state index contributed by atoms with van der Waals surface area (Å²) in [6, 6.07) is 9.29. The van der Waals surface area contributed by atoms with Gasteiger partial charge in [-0.1, -0.05) is 0 Å². The zero-order valence-electron chi connectivity index (χ0n) is 19.2. The number of nitrogens with zero attached hydrogens (tertiary/aromatic N) is 5. The third-order valence-electron chi connectivity index (χ3n) is 5.14. The third-order valence-corrected chi connectivity index (χ3v) is 5.14. The lowest BCUT2D eigenvalue weighted by Gasteiger charge is -2.22. The van der Waals surface area contributed by atoms with Crippen LogP contribution < -0.4 is 15.0 Å². The van der Waals surface area contributed by atoms with Crippen molar-refractivity contribution in [3.63, 3.8) is 0 Å². The van der Waals surface area contributed by atoms with Gasteiger partial charge in [-0.05, 0) is 51.3 Å². The number of ether oxygens (including phenoxy) is 1. The van der Waals surface area contributed by atoms with E-state index in [1.807, 2.05) is 18.2 Å². The number of hydrogen-bond acceptors (Lipinski definition) is 7. The van der Waals surface area contributed by atoms with Crippen molar-refractivity contribution in [1.82, 2.24) is 19.4 Å². The van der Waals surface area contributed by atoms with Crippen molar-refractivity contribution in [3.8, 4) is 17.1 Å². The van der Waals surface area contributed by atoms with Crippen LogP contribution in [-0.2, 0) is 7.05 Å². The SMILES string of the molecule is COc1cc(N(C)CCCN(C)C)ccc1Nc1nccc(-c2cc(C(=O)O)cn2C)n1. The van der Waals surface area contributed by atoms with Crippen LogP contribution in [0.5, 0.6) is 5.75 Å². The standard InChI is InChI=1S/C23H30N6O3/c1-27(2)11-6-12-28(3)17-7-8-19(21(14-17)32-5)26-23-24-10-9-18(25-23)20-13-16(22(30)31)15-29(20)4/h7-10,13-15H,6,11-12H2,1-5H3,(H,30,31)(H,24,25,26). The minimum absolute atomic E-state index is 0.211. The molecule has 170 valence electrons. The van der Waals surface area contributed by atoms with Crippen molar-refractivity contribution in [1.29, 1.82) is 0 Å². The maximum absolute atomic E-state index is 11.3. The van der Waals surface area contributed by atoms with Crippen molar-refractivity contribution in [2.75, 3.05) is 51.6 Å². The molecule has 0 aliphatic rings. The molecule has 1 aromatic carbocycles. The Bertz CT molecular complexity index is 1080. The number of nitrogens with one attached hydrogen (secondary N) is 1. The average molecular weight is 439 g/mol. The molecule has 0 saturated heterocycles. The molecule has 0 aliphatic heterocycles. The zero-order chi connectivity index (χ0) is 23.3. The zero-order valence-corrected chi connectivity index (χ0v) is 19.2. The van der Waals surface area contributed by atoms with Gasteiger partial charge >= 0.3 is 5.97 Å². The summed E-state index contributed by atoms with van der Waals surface area (Å²) < 4.78 is 7.33. The van der Waals surface area contributed by atoms with E-state index < -0.39 is 5.97 Å². The Morgan fingerprint density at radius 2 is 1.97 bits per heavy atom. The summed E-state index contributed by atoms with van der Waals surface area (Å²) in [7, 11) is 9.63. The van der Waals surface area contributed by atoms with Gasteiger partial charge in [0, 0.05) is 44.8 Å². The van der Waals surface area contributed by atoms with Crippen molar-refractivity contribution in [2.24, 2.45) is 7.05 Å². The molecule has 9 heteroatoms. The number of aryl methyl sites for hydroxylation is 1. The van der Waals surface area contributed by atoms with Crippen LogP contribution in [-0.4, -0.2) is 71.9 Å². The van der Waals surface area contributed by atoms with Gasteiger partial charge in [0.05, 0.1) is 29.7 Å². The second-order valence-corrected chi connectivity index (χ2v) is 7.88. The summed E-state index contributed by atoms with van der Waals surface area (Å²) in [6.45, 7) is 1.97. The molecule has 3 rings (SSSR count). The Kier molecular flexibility index (Phi) is 7.32. The number of aromatic nitrogens is 3. The predicted octanol–water partition coefficient (Wildman–Crippen LogP) is 3.32. The highest BCUT2D eigenvalue weighted by molar-refractivity contribution is 5.89. The van der Waals surface area contributed by atoms with Gasteiger partial charge in [-0.15, -0.1) is 0 Å². The van der Waals surface area contributed by atoms with E-state index in [0.29, 0.717) is 23.1 Å². The van der Waals surface area contributed by atoms with E-state index in [1.165, 1.54) is 0 Å². The van der Waals surface area contributed by atoms with E-state index in [9.17, 15) is 9.90 Å². The second-order valence-electron chi connectivity index (χ2n) is 7.88. The lowest BCUT2D eigenvalue weighted by Crippen LogP contribution is -2.23. The molecule has 0 atom stereocenters. The fourth-order valence-electron chi connectivity index (χ4n) is 3.39. The molecule has 0 spiro atoms. The quantitative estimate of drug-likeness (QED) is 0.498. The molecule has 32 heavy (non-hydrogen) atoms. The Morgan fingerprint density at radius 1 is 1.19 bits per heavy atom. The first-order valence-corrected chi connectivity index (χ1v) is 10.3. The van der Waals surface area contributed by atoms with Gasteiger partial charge in [0.2, 0.25) is 5.95 Å². The molecular weight excluding hydrogens is 408 g/mol. The first-order chi connectivity index (χ1) is 15.3. The first-order valence-electron chi connectivity index (χ1n) is 10.3. The van der Waals surface area contributed by atoms with E-state index >= 15 is 0 Å². The minimum Gasteiger partial charge on any atom is -0.494 e. The third kappa shape index (κ3) is 5.55. The van der Waals surface area contributed by atoms with Gasteiger partial charge in [-0.2, -0.15) is 0 Å². The topological polar surface area (TPSA) is 95.8 Å². The van der Waals surface area contributed by atoms with Gasteiger partial charge in [0.1, 0.15) is 5.75 Å². The van der Waals surface area contributed by atoms with Gasteiger partial charge < -0.3 is 29.5 Å². The van der Waals surface area contributed by atoms with E-state index in [4.69, 9.17) is 4.74 Å². The van der Waals surface area contributed by atoms with Gasteiger partial charge in [-0.3, -0.25) is 0 Å². The van der Waals surface area contributed by atoms with Crippen molar-refractivity contribution in [3.05, 3.63) is 48.3 Å². The molecule has 0 unspecified atom stereocenters. The summed E-state index contributed by atoms with van der Waals surface area (Å²) in [4.78, 5) is 24.5. The molecular formula is C23H30N6O3. The highest BCUT2D eigenvalue weighted by Gasteiger charge is 2.14. The van der Waals surface area contributed by atoms with Crippen LogP contribution in [0.25, 0.3) is 11.4 Å². The normalized spacial score (nSPS) is 10.9. The Hall–Kier alpha value is -3.59. The number of methoxy groups -OCH3 is 1. The van der Waals surface area contributed by atoms with E-state index in [-0.39, 0.29) is 5.56 Å².